The standard InChI is InChI=1S/C21H26Cl2O/c1-17-13-14-19(24-16-10-5-3-2-4-9-15-22)21(23)20(17)18-11-7-6-8-12-18/h6-8,11-14H,2-5,9-10,15-16H2,1H3. The molecule has 2 aromatic carbocycles. The Balaban J connectivity index is 1.88. The molecule has 0 atom stereocenters. The van der Waals surface area contributed by atoms with E-state index in [1.165, 1.54) is 25.7 Å². The molecule has 0 amide bonds. The summed E-state index contributed by atoms with van der Waals surface area (Å²) in [5, 5.41) is 0.711. The van der Waals surface area contributed by atoms with E-state index in [-0.39, 0.29) is 0 Å². The van der Waals surface area contributed by atoms with Crippen LogP contribution in [0, 0.1) is 6.92 Å². The number of benzene rings is 2. The molecule has 0 radical (unpaired) electrons. The fourth-order valence-electron chi connectivity index (χ4n) is 2.81. The maximum Gasteiger partial charge on any atom is 0.138 e. The van der Waals surface area contributed by atoms with Crippen LogP contribution in [0.1, 0.15) is 44.1 Å². The Bertz CT molecular complexity index is 611. The van der Waals surface area contributed by atoms with Crippen LogP contribution in [0.2, 0.25) is 5.02 Å². The lowest BCUT2D eigenvalue weighted by Gasteiger charge is -2.14. The number of hydrogen-bond donors (Lipinski definition) is 0. The number of unbranched alkanes of at least 4 members (excludes halogenated alkanes) is 5. The highest BCUT2D eigenvalue weighted by Gasteiger charge is 2.12. The van der Waals surface area contributed by atoms with Crippen molar-refractivity contribution in [3.05, 3.63) is 53.1 Å². The van der Waals surface area contributed by atoms with Crippen LogP contribution in [0.5, 0.6) is 5.75 Å². The van der Waals surface area contributed by atoms with Gasteiger partial charge in [0.1, 0.15) is 5.75 Å². The van der Waals surface area contributed by atoms with Crippen LogP contribution in [-0.4, -0.2) is 12.5 Å². The number of ether oxygens (including phenoxy) is 1. The fourth-order valence-corrected chi connectivity index (χ4v) is 3.37. The van der Waals surface area contributed by atoms with Gasteiger partial charge < -0.3 is 4.74 Å². The van der Waals surface area contributed by atoms with Gasteiger partial charge in [-0.15, -0.1) is 11.6 Å². The van der Waals surface area contributed by atoms with Gasteiger partial charge in [-0.05, 0) is 37.0 Å². The third kappa shape index (κ3) is 5.72. The number of halogens is 2. The zero-order valence-electron chi connectivity index (χ0n) is 14.4. The normalized spacial score (nSPS) is 10.8. The summed E-state index contributed by atoms with van der Waals surface area (Å²) in [6.07, 6.45) is 7.12. The van der Waals surface area contributed by atoms with Crippen molar-refractivity contribution in [2.75, 3.05) is 12.5 Å². The lowest BCUT2D eigenvalue weighted by Crippen LogP contribution is -1.99. The highest BCUT2D eigenvalue weighted by atomic mass is 35.5. The van der Waals surface area contributed by atoms with Crippen molar-refractivity contribution in [3.8, 4) is 16.9 Å². The highest BCUT2D eigenvalue weighted by molar-refractivity contribution is 6.35. The predicted octanol–water partition coefficient (Wildman–Crippen LogP) is 7.27. The molecule has 0 unspecified atom stereocenters. The molecule has 3 heteroatoms. The molecule has 0 fully saturated rings. The van der Waals surface area contributed by atoms with E-state index in [0.717, 1.165) is 41.2 Å². The van der Waals surface area contributed by atoms with Gasteiger partial charge in [-0.3, -0.25) is 0 Å². The SMILES string of the molecule is Cc1ccc(OCCCCCCCCCl)c(Cl)c1-c1ccccc1. The molecule has 2 aromatic rings. The molecule has 0 saturated carbocycles. The molecule has 0 aromatic heterocycles. The van der Waals surface area contributed by atoms with Gasteiger partial charge >= 0.3 is 0 Å². The Labute approximate surface area is 155 Å². The second-order valence-electron chi connectivity index (χ2n) is 6.09. The van der Waals surface area contributed by atoms with Gasteiger partial charge in [0.2, 0.25) is 0 Å². The maximum absolute atomic E-state index is 6.61. The number of hydrogen-bond acceptors (Lipinski definition) is 1. The van der Waals surface area contributed by atoms with E-state index in [1.54, 1.807) is 0 Å². The Kier molecular flexibility index (Phi) is 8.49. The van der Waals surface area contributed by atoms with Crippen LogP contribution < -0.4 is 4.74 Å². The lowest BCUT2D eigenvalue weighted by atomic mass is 10.0. The molecule has 0 aliphatic rings. The monoisotopic (exact) mass is 364 g/mol. The second-order valence-corrected chi connectivity index (χ2v) is 6.85. The van der Waals surface area contributed by atoms with Crippen LogP contribution in [0.3, 0.4) is 0 Å². The fraction of sp³-hybridized carbons (Fsp3) is 0.429. The summed E-state index contributed by atoms with van der Waals surface area (Å²) in [7, 11) is 0. The van der Waals surface area contributed by atoms with Gasteiger partial charge in [-0.25, -0.2) is 0 Å². The molecule has 0 spiro atoms. The summed E-state index contributed by atoms with van der Waals surface area (Å²) >= 11 is 12.3. The van der Waals surface area contributed by atoms with E-state index in [9.17, 15) is 0 Å². The molecule has 2 rings (SSSR count). The van der Waals surface area contributed by atoms with Crippen molar-refractivity contribution >= 4 is 23.2 Å². The molecule has 130 valence electrons. The average Bonchev–Trinajstić information content (AvgIpc) is 2.60. The molecular formula is C21H26Cl2O. The quantitative estimate of drug-likeness (QED) is 0.318. The molecule has 0 aliphatic carbocycles. The minimum Gasteiger partial charge on any atom is -0.492 e. The minimum absolute atomic E-state index is 0.711. The first-order valence-electron chi connectivity index (χ1n) is 8.77. The van der Waals surface area contributed by atoms with Gasteiger partial charge in [0.05, 0.1) is 11.6 Å². The molecular weight excluding hydrogens is 339 g/mol. The van der Waals surface area contributed by atoms with Gasteiger partial charge in [0.15, 0.2) is 0 Å². The topological polar surface area (TPSA) is 9.23 Å². The molecule has 0 N–H and O–H groups in total. The van der Waals surface area contributed by atoms with Crippen LogP contribution in [0.15, 0.2) is 42.5 Å². The van der Waals surface area contributed by atoms with E-state index in [1.807, 2.05) is 24.3 Å². The average molecular weight is 365 g/mol. The zero-order chi connectivity index (χ0) is 17.2. The first-order chi connectivity index (χ1) is 11.7. The predicted molar refractivity (Wildman–Crippen MR) is 106 cm³/mol. The Morgan fingerprint density at radius 2 is 1.50 bits per heavy atom. The first-order valence-corrected chi connectivity index (χ1v) is 9.68. The van der Waals surface area contributed by atoms with Crippen LogP contribution >= 0.6 is 23.2 Å². The summed E-state index contributed by atoms with van der Waals surface area (Å²) in [6, 6.07) is 14.3. The van der Waals surface area contributed by atoms with Gasteiger partial charge in [0, 0.05) is 11.4 Å². The van der Waals surface area contributed by atoms with Gasteiger partial charge in [-0.2, -0.15) is 0 Å². The molecule has 0 bridgehead atoms. The number of alkyl halides is 1. The minimum atomic E-state index is 0.711. The van der Waals surface area contributed by atoms with Crippen LogP contribution in [0.25, 0.3) is 11.1 Å². The zero-order valence-corrected chi connectivity index (χ0v) is 15.9. The smallest absolute Gasteiger partial charge is 0.138 e. The van der Waals surface area contributed by atoms with Crippen molar-refractivity contribution < 1.29 is 4.74 Å². The summed E-state index contributed by atoms with van der Waals surface area (Å²) in [5.41, 5.74) is 3.36. The maximum atomic E-state index is 6.61. The summed E-state index contributed by atoms with van der Waals surface area (Å²) in [6.45, 7) is 2.80. The Hall–Kier alpha value is -1.18. The number of aryl methyl sites for hydroxylation is 1. The van der Waals surface area contributed by atoms with E-state index in [2.05, 4.69) is 25.1 Å². The van der Waals surface area contributed by atoms with Crippen molar-refractivity contribution in [3.63, 3.8) is 0 Å². The summed E-state index contributed by atoms with van der Waals surface area (Å²) in [5.74, 6) is 1.56. The summed E-state index contributed by atoms with van der Waals surface area (Å²) < 4.78 is 5.93. The molecule has 0 aliphatic heterocycles. The molecule has 0 heterocycles. The third-order valence-corrected chi connectivity index (χ3v) is 4.81. The van der Waals surface area contributed by atoms with E-state index in [0.29, 0.717) is 11.6 Å². The highest BCUT2D eigenvalue weighted by Crippen LogP contribution is 2.37. The van der Waals surface area contributed by atoms with Crippen LogP contribution in [-0.2, 0) is 0 Å². The Morgan fingerprint density at radius 3 is 2.21 bits per heavy atom. The molecule has 1 nitrogen and oxygen atoms in total. The number of rotatable bonds is 10. The van der Waals surface area contributed by atoms with Crippen molar-refractivity contribution in [1.29, 1.82) is 0 Å². The molecule has 0 saturated heterocycles. The van der Waals surface area contributed by atoms with Gasteiger partial charge in [-0.1, -0.05) is 73.7 Å². The van der Waals surface area contributed by atoms with E-state index in [4.69, 9.17) is 27.9 Å². The molecule has 24 heavy (non-hydrogen) atoms. The lowest BCUT2D eigenvalue weighted by molar-refractivity contribution is 0.304. The van der Waals surface area contributed by atoms with E-state index >= 15 is 0 Å². The summed E-state index contributed by atoms with van der Waals surface area (Å²) in [4.78, 5) is 0. The van der Waals surface area contributed by atoms with Crippen LogP contribution in [0.4, 0.5) is 0 Å². The van der Waals surface area contributed by atoms with Crippen molar-refractivity contribution in [2.24, 2.45) is 0 Å². The first kappa shape index (κ1) is 19.1. The van der Waals surface area contributed by atoms with Gasteiger partial charge in [0.25, 0.3) is 0 Å². The Morgan fingerprint density at radius 1 is 0.833 bits per heavy atom. The van der Waals surface area contributed by atoms with E-state index < -0.39 is 0 Å². The van der Waals surface area contributed by atoms with Crippen molar-refractivity contribution in [2.45, 2.75) is 45.4 Å². The van der Waals surface area contributed by atoms with Crippen molar-refractivity contribution in [1.82, 2.24) is 0 Å². The second kappa shape index (κ2) is 10.6. The third-order valence-electron chi connectivity index (χ3n) is 4.16. The largest absolute Gasteiger partial charge is 0.492 e.